The third-order valence-corrected chi connectivity index (χ3v) is 2.73. The van der Waals surface area contributed by atoms with Crippen LogP contribution in [-0.4, -0.2) is 24.2 Å². The summed E-state index contributed by atoms with van der Waals surface area (Å²) in [6, 6.07) is 0. The van der Waals surface area contributed by atoms with Crippen molar-refractivity contribution in [2.75, 3.05) is 13.1 Å². The first-order valence-corrected chi connectivity index (χ1v) is 3.65. The summed E-state index contributed by atoms with van der Waals surface area (Å²) in [6.07, 6.45) is 1.51. The maximum absolute atomic E-state index is 10.3. The fourth-order valence-corrected chi connectivity index (χ4v) is 1.81. The van der Waals surface area contributed by atoms with E-state index in [2.05, 4.69) is 5.32 Å². The molecule has 2 aliphatic rings. The predicted molar refractivity (Wildman–Crippen MR) is 35.7 cm³/mol. The highest BCUT2D eigenvalue weighted by Crippen LogP contribution is 2.56. The highest BCUT2D eigenvalue weighted by atomic mass is 16.4. The summed E-state index contributed by atoms with van der Waals surface area (Å²) in [4.78, 5) is 10.3. The number of hydrogen-bond acceptors (Lipinski definition) is 2. The Morgan fingerprint density at radius 3 is 2.70 bits per heavy atom. The number of nitrogens with one attached hydrogen (secondary N) is 1. The van der Waals surface area contributed by atoms with Gasteiger partial charge in [-0.2, -0.15) is 0 Å². The van der Waals surface area contributed by atoms with Gasteiger partial charge in [0.1, 0.15) is 0 Å². The Morgan fingerprint density at radius 1 is 1.70 bits per heavy atom. The second-order valence-corrected chi connectivity index (χ2v) is 3.46. The molecule has 56 valence electrons. The first-order chi connectivity index (χ1) is 4.73. The minimum absolute atomic E-state index is 0.377. The third kappa shape index (κ3) is 0.736. The van der Waals surface area contributed by atoms with Crippen molar-refractivity contribution in [3.8, 4) is 0 Å². The van der Waals surface area contributed by atoms with Crippen LogP contribution in [0.5, 0.6) is 0 Å². The number of carbonyl (C=O) groups is 1. The highest BCUT2D eigenvalue weighted by molar-refractivity contribution is 5.67. The summed E-state index contributed by atoms with van der Waals surface area (Å²) in [7, 11) is 0. The van der Waals surface area contributed by atoms with Crippen molar-refractivity contribution in [2.45, 2.75) is 12.8 Å². The fourth-order valence-electron chi connectivity index (χ4n) is 1.81. The summed E-state index contributed by atoms with van der Waals surface area (Å²) < 4.78 is 0. The molecule has 0 aromatic heterocycles. The van der Waals surface area contributed by atoms with Crippen molar-refractivity contribution in [3.63, 3.8) is 0 Å². The Hall–Kier alpha value is -0.570. The lowest BCUT2D eigenvalue weighted by Crippen LogP contribution is -2.45. The van der Waals surface area contributed by atoms with Crippen LogP contribution in [0.2, 0.25) is 0 Å². The highest BCUT2D eigenvalue weighted by Gasteiger charge is 2.58. The number of hydrogen-bond donors (Lipinski definition) is 2. The predicted octanol–water partition coefficient (Wildman–Crippen LogP) is 0.0706. The third-order valence-electron chi connectivity index (χ3n) is 2.73. The van der Waals surface area contributed by atoms with Gasteiger partial charge in [0.05, 0.1) is 0 Å². The molecule has 0 aromatic rings. The van der Waals surface area contributed by atoms with Gasteiger partial charge in [0.25, 0.3) is 0 Å². The van der Waals surface area contributed by atoms with Crippen molar-refractivity contribution >= 4 is 5.97 Å². The first kappa shape index (κ1) is 6.16. The van der Waals surface area contributed by atoms with Crippen molar-refractivity contribution in [3.05, 3.63) is 0 Å². The monoisotopic (exact) mass is 141 g/mol. The van der Waals surface area contributed by atoms with Crippen LogP contribution in [0.15, 0.2) is 0 Å². The van der Waals surface area contributed by atoms with Crippen molar-refractivity contribution in [2.24, 2.45) is 11.3 Å². The fraction of sp³-hybridized carbons (Fsp3) is 0.857. The molecular formula is C7H11NO2. The minimum Gasteiger partial charge on any atom is -0.481 e. The molecule has 2 rings (SSSR count). The summed E-state index contributed by atoms with van der Waals surface area (Å²) in [6.45, 7) is 2.09. The lowest BCUT2D eigenvalue weighted by Gasteiger charge is -2.28. The molecule has 1 atom stereocenters. The van der Waals surface area contributed by atoms with Gasteiger partial charge in [0.2, 0.25) is 0 Å². The second kappa shape index (κ2) is 1.72. The van der Waals surface area contributed by atoms with E-state index in [9.17, 15) is 4.79 Å². The summed E-state index contributed by atoms with van der Waals surface area (Å²) in [5.41, 5.74) is 0.429. The van der Waals surface area contributed by atoms with Crippen LogP contribution in [0.4, 0.5) is 0 Å². The molecule has 2 N–H and O–H groups in total. The molecule has 0 radical (unpaired) electrons. The van der Waals surface area contributed by atoms with Gasteiger partial charge >= 0.3 is 5.97 Å². The number of carboxylic acid groups (broad SMARTS) is 1. The van der Waals surface area contributed by atoms with Crippen LogP contribution in [0.25, 0.3) is 0 Å². The smallest absolute Gasteiger partial charge is 0.303 e. The number of aliphatic carboxylic acids is 1. The average molecular weight is 141 g/mol. The molecule has 1 aliphatic heterocycles. The van der Waals surface area contributed by atoms with Crippen molar-refractivity contribution < 1.29 is 9.90 Å². The zero-order valence-electron chi connectivity index (χ0n) is 5.76. The Balaban J connectivity index is 1.84. The minimum atomic E-state index is -0.645. The average Bonchev–Trinajstić information content (AvgIpc) is 2.37. The van der Waals surface area contributed by atoms with Crippen LogP contribution < -0.4 is 5.32 Å². The summed E-state index contributed by atoms with van der Waals surface area (Å²) in [5.74, 6) is -0.167. The molecule has 0 bridgehead atoms. The lowest BCUT2D eigenvalue weighted by molar-refractivity contribution is -0.137. The van der Waals surface area contributed by atoms with Crippen LogP contribution >= 0.6 is 0 Å². The van der Waals surface area contributed by atoms with Crippen LogP contribution in [0.1, 0.15) is 12.8 Å². The number of carboxylic acids is 1. The molecule has 10 heavy (non-hydrogen) atoms. The molecule has 3 heteroatoms. The quantitative estimate of drug-likeness (QED) is 0.572. The van der Waals surface area contributed by atoms with Gasteiger partial charge in [0, 0.05) is 19.5 Å². The van der Waals surface area contributed by atoms with E-state index in [0.29, 0.717) is 17.8 Å². The molecule has 2 fully saturated rings. The molecule has 1 saturated heterocycles. The molecule has 1 unspecified atom stereocenters. The van der Waals surface area contributed by atoms with E-state index in [0.717, 1.165) is 19.5 Å². The molecule has 1 heterocycles. The van der Waals surface area contributed by atoms with E-state index in [4.69, 9.17) is 5.11 Å². The zero-order chi connectivity index (χ0) is 7.19. The van der Waals surface area contributed by atoms with E-state index in [-0.39, 0.29) is 0 Å². The Bertz CT molecular complexity index is 174. The molecule has 0 amide bonds. The van der Waals surface area contributed by atoms with E-state index in [1.165, 1.54) is 0 Å². The molecule has 1 aliphatic carbocycles. The zero-order valence-corrected chi connectivity index (χ0v) is 5.76. The van der Waals surface area contributed by atoms with Gasteiger partial charge in [-0.15, -0.1) is 0 Å². The van der Waals surface area contributed by atoms with Crippen molar-refractivity contribution in [1.29, 1.82) is 0 Å². The van der Waals surface area contributed by atoms with E-state index < -0.39 is 5.97 Å². The van der Waals surface area contributed by atoms with Gasteiger partial charge < -0.3 is 10.4 Å². The Labute approximate surface area is 59.4 Å². The van der Waals surface area contributed by atoms with E-state index in [1.807, 2.05) is 0 Å². The second-order valence-electron chi connectivity index (χ2n) is 3.46. The van der Waals surface area contributed by atoms with Crippen LogP contribution in [-0.2, 0) is 4.79 Å². The maximum atomic E-state index is 10.3. The standard InChI is InChI=1S/C7H11NO2/c9-6(10)1-5-2-7(5)3-8-4-7/h5,8H,1-4H2,(H,9,10). The first-order valence-electron chi connectivity index (χ1n) is 3.65. The molecule has 0 aromatic carbocycles. The van der Waals surface area contributed by atoms with E-state index in [1.54, 1.807) is 0 Å². The van der Waals surface area contributed by atoms with Gasteiger partial charge in [-0.25, -0.2) is 0 Å². The normalized spacial score (nSPS) is 33.4. The summed E-state index contributed by atoms with van der Waals surface area (Å²) >= 11 is 0. The lowest BCUT2D eigenvalue weighted by atomic mass is 9.96. The largest absolute Gasteiger partial charge is 0.481 e. The van der Waals surface area contributed by atoms with Gasteiger partial charge in [0.15, 0.2) is 0 Å². The number of rotatable bonds is 2. The van der Waals surface area contributed by atoms with Crippen molar-refractivity contribution in [1.82, 2.24) is 5.32 Å². The van der Waals surface area contributed by atoms with Gasteiger partial charge in [-0.1, -0.05) is 0 Å². The SMILES string of the molecule is O=C(O)CC1CC12CNC2. The summed E-state index contributed by atoms with van der Waals surface area (Å²) in [5, 5.41) is 11.6. The Kier molecular flexibility index (Phi) is 1.06. The van der Waals surface area contributed by atoms with Crippen LogP contribution in [0, 0.1) is 11.3 Å². The molecule has 1 saturated carbocycles. The topological polar surface area (TPSA) is 49.3 Å². The Morgan fingerprint density at radius 2 is 2.40 bits per heavy atom. The van der Waals surface area contributed by atoms with Gasteiger partial charge in [-0.05, 0) is 17.8 Å². The van der Waals surface area contributed by atoms with Crippen LogP contribution in [0.3, 0.4) is 0 Å². The van der Waals surface area contributed by atoms with E-state index >= 15 is 0 Å². The molecule has 1 spiro atoms. The maximum Gasteiger partial charge on any atom is 0.303 e. The molecular weight excluding hydrogens is 130 g/mol. The van der Waals surface area contributed by atoms with Gasteiger partial charge in [-0.3, -0.25) is 4.79 Å². The molecule has 3 nitrogen and oxygen atoms in total.